The summed E-state index contributed by atoms with van der Waals surface area (Å²) >= 11 is 7.20. The number of nitrogen functional groups attached to an aromatic ring is 1. The number of alkyl carbamates (subject to hydrolysis) is 4. The summed E-state index contributed by atoms with van der Waals surface area (Å²) in [4.78, 5) is 87.7. The molecule has 4 rings (SSSR count). The number of carbonyl (C=O) groups is 6. The molecule has 0 aliphatic heterocycles. The number of nitrogens with two attached hydrogens (primary N) is 1. The molecule has 81 heavy (non-hydrogen) atoms. The molecule has 25 heteroatoms. The lowest BCUT2D eigenvalue weighted by Gasteiger charge is -2.26. The highest BCUT2D eigenvalue weighted by molar-refractivity contribution is 7.98. The van der Waals surface area contributed by atoms with Crippen LogP contribution in [0, 0.1) is 22.7 Å². The highest BCUT2D eigenvalue weighted by atomic mass is 35.5. The minimum Gasteiger partial charge on any atom is -0.490 e. The molecule has 0 radical (unpaired) electrons. The van der Waals surface area contributed by atoms with Gasteiger partial charge in [0.05, 0.1) is 11.3 Å². The van der Waals surface area contributed by atoms with Crippen molar-refractivity contribution in [3.63, 3.8) is 0 Å². The molecule has 3 atom stereocenters. The van der Waals surface area contributed by atoms with Gasteiger partial charge in [-0.2, -0.15) is 10.5 Å². The van der Waals surface area contributed by atoms with Crippen molar-refractivity contribution in [3.8, 4) is 40.5 Å². The summed E-state index contributed by atoms with van der Waals surface area (Å²) in [6, 6.07) is 14.7. The molecular formula is C56H72ClN9O14S. The molecule has 0 aliphatic carbocycles. The van der Waals surface area contributed by atoms with Gasteiger partial charge in [-0.25, -0.2) is 38.7 Å². The van der Waals surface area contributed by atoms with Crippen molar-refractivity contribution in [2.45, 2.75) is 160 Å². The predicted molar refractivity (Wildman–Crippen MR) is 300 cm³/mol. The zero-order chi connectivity index (χ0) is 60.3. The third kappa shape index (κ3) is 23.7. The van der Waals surface area contributed by atoms with Gasteiger partial charge in [0.25, 0.3) is 0 Å². The molecule has 6 N–H and O–H groups in total. The van der Waals surface area contributed by atoms with Gasteiger partial charge in [-0.05, 0) is 151 Å². The van der Waals surface area contributed by atoms with Gasteiger partial charge < -0.3 is 64.6 Å². The number of anilines is 1. The van der Waals surface area contributed by atoms with Gasteiger partial charge in [0.2, 0.25) is 5.89 Å². The van der Waals surface area contributed by atoms with Crippen LogP contribution >= 0.6 is 23.4 Å². The zero-order valence-electron chi connectivity index (χ0n) is 47.7. The molecule has 0 spiro atoms. The fraction of sp³-hybridized carbons (Fsp3) is 0.500. The first kappa shape index (κ1) is 65.6. The summed E-state index contributed by atoms with van der Waals surface area (Å²) in [5.41, 5.74) is 4.80. The molecule has 4 amide bonds. The van der Waals surface area contributed by atoms with E-state index < -0.39 is 90.1 Å². The Morgan fingerprint density at radius 3 is 1.63 bits per heavy atom. The average molecular weight is 1160 g/mol. The van der Waals surface area contributed by atoms with E-state index in [0.717, 1.165) is 0 Å². The smallest absolute Gasteiger partial charge is 0.408 e. The SMILES string of the molecule is CC(C)(C)OC(=O)NCCCC(NC(=O)OC(C)(C)C)C(=O)OC[C@H](COc1ccc(-c2c(C#N)c(N)nc(SCc3coc(-c4ccc(Cl)cc4)n3)c2C#N)cc1)OC(=O)C(CCCNC(=O)OC(C)(C)C)NC(=O)OC(C)(C)C. The fourth-order valence-corrected chi connectivity index (χ4v) is 7.99. The Kier molecular flexibility index (Phi) is 23.9. The standard InChI is InChI=1S/C56H72ClN9O14S/c1-53(2,3)77-49(69)61-25-13-15-41(64-51(71)79-55(7,8)9)47(67)75-31-38(76-48(68)42(65-52(72)80-56(10,11)12)16-14-26-62-50(70)78-54(4,5)6)30-73-37-23-19-33(20-24-37)43-39(27-58)44(60)66-46(40(43)28-59)81-32-36-29-74-45(63-36)34-17-21-35(57)22-18-34/h17-24,29,38,41-42H,13-16,25-26,30-32H2,1-12H3,(H2,60,66)(H,61,69)(H,62,70)(H,64,71)(H,65,72)/t38-,41?,42?/m0/s1. The Morgan fingerprint density at radius 1 is 0.654 bits per heavy atom. The summed E-state index contributed by atoms with van der Waals surface area (Å²) < 4.78 is 44.8. The number of pyridine rings is 1. The summed E-state index contributed by atoms with van der Waals surface area (Å²) in [5.74, 6) is -1.27. The van der Waals surface area contributed by atoms with E-state index in [-0.39, 0.29) is 77.8 Å². The molecule has 2 heterocycles. The molecule has 0 aliphatic rings. The number of thioether (sulfide) groups is 1. The van der Waals surface area contributed by atoms with Gasteiger partial charge in [-0.3, -0.25) is 0 Å². The third-order valence-corrected chi connectivity index (χ3v) is 11.6. The predicted octanol–water partition coefficient (Wildman–Crippen LogP) is 9.91. The van der Waals surface area contributed by atoms with Crippen molar-refractivity contribution in [3.05, 3.63) is 76.6 Å². The lowest BCUT2D eigenvalue weighted by molar-refractivity contribution is -0.163. The normalized spacial score (nSPS) is 12.7. The molecule has 4 aromatic rings. The van der Waals surface area contributed by atoms with Gasteiger partial charge in [0.1, 0.15) is 88.3 Å². The van der Waals surface area contributed by atoms with Gasteiger partial charge >= 0.3 is 36.3 Å². The van der Waals surface area contributed by atoms with Crippen LogP contribution in [0.15, 0.2) is 64.2 Å². The van der Waals surface area contributed by atoms with Crippen molar-refractivity contribution in [1.29, 1.82) is 10.5 Å². The maximum atomic E-state index is 14.1. The average Bonchev–Trinajstić information content (AvgIpc) is 3.94. The minimum absolute atomic E-state index is 0.0428. The van der Waals surface area contributed by atoms with E-state index in [1.807, 2.05) is 0 Å². The van der Waals surface area contributed by atoms with Crippen molar-refractivity contribution >= 4 is 65.5 Å². The number of halogens is 1. The van der Waals surface area contributed by atoms with Crippen LogP contribution in [0.2, 0.25) is 5.02 Å². The molecule has 23 nitrogen and oxygen atoms in total. The second-order valence-corrected chi connectivity index (χ2v) is 23.6. The summed E-state index contributed by atoms with van der Waals surface area (Å²) in [5, 5.41) is 31.8. The first-order chi connectivity index (χ1) is 37.8. The number of rotatable bonds is 23. The summed E-state index contributed by atoms with van der Waals surface area (Å²) in [6.45, 7) is 19.0. The Balaban J connectivity index is 1.61. The van der Waals surface area contributed by atoms with Crippen molar-refractivity contribution in [2.24, 2.45) is 0 Å². The molecule has 438 valence electrons. The lowest BCUT2D eigenvalue weighted by atomic mass is 9.97. The molecule has 0 saturated carbocycles. The Bertz CT molecular complexity index is 2900. The van der Waals surface area contributed by atoms with Crippen molar-refractivity contribution < 1.29 is 66.3 Å². The number of oxazole rings is 1. The van der Waals surface area contributed by atoms with E-state index in [1.54, 1.807) is 119 Å². The van der Waals surface area contributed by atoms with Crippen LogP contribution in [0.25, 0.3) is 22.6 Å². The molecule has 0 saturated heterocycles. The second kappa shape index (κ2) is 29.5. The Morgan fingerprint density at radius 2 is 1.14 bits per heavy atom. The molecule has 0 fully saturated rings. The molecule has 0 bridgehead atoms. The first-order valence-corrected chi connectivity index (χ1v) is 27.2. The van der Waals surface area contributed by atoms with E-state index in [1.165, 1.54) is 30.2 Å². The highest BCUT2D eigenvalue weighted by Gasteiger charge is 2.32. The maximum absolute atomic E-state index is 14.1. The van der Waals surface area contributed by atoms with Crippen LogP contribution < -0.4 is 31.7 Å². The summed E-state index contributed by atoms with van der Waals surface area (Å²) in [7, 11) is 0. The number of amides is 4. The monoisotopic (exact) mass is 1160 g/mol. The van der Waals surface area contributed by atoms with Crippen LogP contribution in [-0.4, -0.2) is 113 Å². The number of ether oxygens (including phenoxy) is 7. The van der Waals surface area contributed by atoms with E-state index in [2.05, 4.69) is 43.4 Å². The Labute approximate surface area is 480 Å². The van der Waals surface area contributed by atoms with Crippen molar-refractivity contribution in [1.82, 2.24) is 31.2 Å². The quantitative estimate of drug-likeness (QED) is 0.0199. The maximum Gasteiger partial charge on any atom is 0.408 e. The molecular weight excluding hydrogens is 1090 g/mol. The number of nitrogens with zero attached hydrogens (tertiary/aromatic N) is 4. The minimum atomic E-state index is -1.39. The van der Waals surface area contributed by atoms with E-state index in [0.29, 0.717) is 27.7 Å². The Hall–Kier alpha value is -7.96. The fourth-order valence-electron chi connectivity index (χ4n) is 7.00. The number of esters is 2. The van der Waals surface area contributed by atoms with Crippen LogP contribution in [0.5, 0.6) is 5.75 Å². The van der Waals surface area contributed by atoms with Gasteiger partial charge in [0.15, 0.2) is 6.10 Å². The number of benzene rings is 2. The van der Waals surface area contributed by atoms with Gasteiger partial charge in [-0.1, -0.05) is 35.5 Å². The van der Waals surface area contributed by atoms with E-state index in [9.17, 15) is 39.3 Å². The highest BCUT2D eigenvalue weighted by Crippen LogP contribution is 2.37. The number of aromatic nitrogens is 2. The molecule has 2 unspecified atom stereocenters. The second-order valence-electron chi connectivity index (χ2n) is 22.2. The topological polar surface area (TPSA) is 328 Å². The first-order valence-electron chi connectivity index (χ1n) is 25.8. The third-order valence-electron chi connectivity index (χ3n) is 10.3. The van der Waals surface area contributed by atoms with Gasteiger partial charge in [-0.15, -0.1) is 0 Å². The van der Waals surface area contributed by atoms with Crippen LogP contribution in [-0.2, 0) is 43.8 Å². The number of carbonyl (C=O) groups excluding carboxylic acids is 6. The van der Waals surface area contributed by atoms with E-state index in [4.69, 9.17) is 54.9 Å². The number of hydrogen-bond donors (Lipinski definition) is 5. The largest absolute Gasteiger partial charge is 0.490 e. The van der Waals surface area contributed by atoms with Gasteiger partial charge in [0, 0.05) is 35.0 Å². The molecule has 2 aromatic heterocycles. The van der Waals surface area contributed by atoms with Crippen LogP contribution in [0.1, 0.15) is 126 Å². The van der Waals surface area contributed by atoms with Crippen molar-refractivity contribution in [2.75, 3.05) is 32.0 Å². The van der Waals surface area contributed by atoms with Crippen LogP contribution in [0.3, 0.4) is 0 Å². The zero-order valence-corrected chi connectivity index (χ0v) is 49.2. The van der Waals surface area contributed by atoms with Crippen LogP contribution in [0.4, 0.5) is 25.0 Å². The number of nitrogens with one attached hydrogen (secondary N) is 4. The lowest BCUT2D eigenvalue weighted by Crippen LogP contribution is -2.47. The number of hydrogen-bond acceptors (Lipinski definition) is 20. The van der Waals surface area contributed by atoms with E-state index >= 15 is 0 Å². The summed E-state index contributed by atoms with van der Waals surface area (Å²) in [6.07, 6.45) is -2.95. The number of nitriles is 2. The molecule has 2 aromatic carbocycles.